The van der Waals surface area contributed by atoms with Gasteiger partial charge in [-0.25, -0.2) is 4.39 Å². The predicted molar refractivity (Wildman–Crippen MR) is 80.1 cm³/mol. The van der Waals surface area contributed by atoms with Gasteiger partial charge in [-0.1, -0.05) is 12.2 Å². The molecule has 1 fully saturated rings. The Bertz CT molecular complexity index is 485. The van der Waals surface area contributed by atoms with Gasteiger partial charge < -0.3 is 15.2 Å². The van der Waals surface area contributed by atoms with Crippen molar-refractivity contribution in [1.29, 1.82) is 0 Å². The largest absolute Gasteiger partial charge is 0.389 e. The summed E-state index contributed by atoms with van der Waals surface area (Å²) in [6, 6.07) is 4.62. The maximum absolute atomic E-state index is 13.8. The van der Waals surface area contributed by atoms with E-state index in [1.807, 2.05) is 13.8 Å². The molecule has 1 aliphatic rings. The van der Waals surface area contributed by atoms with E-state index in [2.05, 4.69) is 0 Å². The molecule has 0 saturated carbocycles. The second-order valence-corrected chi connectivity index (χ2v) is 5.77. The van der Waals surface area contributed by atoms with Gasteiger partial charge >= 0.3 is 0 Å². The summed E-state index contributed by atoms with van der Waals surface area (Å²) in [6.07, 6.45) is 2.12. The van der Waals surface area contributed by atoms with Gasteiger partial charge in [0.2, 0.25) is 0 Å². The number of halogens is 1. The van der Waals surface area contributed by atoms with Crippen molar-refractivity contribution >= 4 is 17.2 Å². The summed E-state index contributed by atoms with van der Waals surface area (Å²) in [7, 11) is 0. The lowest BCUT2D eigenvalue weighted by Gasteiger charge is -2.32. The summed E-state index contributed by atoms with van der Waals surface area (Å²) in [5.41, 5.74) is 6.71. The Balaban J connectivity index is 1.99. The van der Waals surface area contributed by atoms with E-state index in [0.717, 1.165) is 12.8 Å². The van der Waals surface area contributed by atoms with Crippen molar-refractivity contribution in [2.75, 3.05) is 0 Å². The molecule has 2 atom stereocenters. The van der Waals surface area contributed by atoms with Crippen LogP contribution in [0, 0.1) is 5.82 Å². The average molecular weight is 297 g/mol. The Morgan fingerprint density at radius 2 is 2.05 bits per heavy atom. The lowest BCUT2D eigenvalue weighted by atomic mass is 10.0. The van der Waals surface area contributed by atoms with Crippen LogP contribution in [0.2, 0.25) is 0 Å². The number of hydrogen-bond donors (Lipinski definition) is 1. The molecule has 1 aromatic rings. The summed E-state index contributed by atoms with van der Waals surface area (Å²) in [4.78, 5) is 0.263. The molecule has 0 amide bonds. The topological polar surface area (TPSA) is 44.5 Å². The van der Waals surface area contributed by atoms with Gasteiger partial charge in [-0.15, -0.1) is 0 Å². The third-order valence-corrected chi connectivity index (χ3v) is 3.69. The summed E-state index contributed by atoms with van der Waals surface area (Å²) in [6.45, 7) is 4.28. The molecular weight excluding hydrogens is 277 g/mol. The monoisotopic (exact) mass is 297 g/mol. The van der Waals surface area contributed by atoms with Gasteiger partial charge in [0.1, 0.15) is 10.8 Å². The van der Waals surface area contributed by atoms with E-state index >= 15 is 0 Å². The summed E-state index contributed by atoms with van der Waals surface area (Å²) >= 11 is 4.90. The van der Waals surface area contributed by atoms with E-state index in [-0.39, 0.29) is 35.7 Å². The Morgan fingerprint density at radius 3 is 2.65 bits per heavy atom. The van der Waals surface area contributed by atoms with Gasteiger partial charge in [-0.3, -0.25) is 0 Å². The van der Waals surface area contributed by atoms with Crippen LogP contribution in [0.1, 0.15) is 37.8 Å². The fourth-order valence-electron chi connectivity index (χ4n) is 2.53. The highest BCUT2D eigenvalue weighted by Gasteiger charge is 2.25. The fraction of sp³-hybridized carbons (Fsp3) is 0.533. The van der Waals surface area contributed by atoms with E-state index in [1.54, 1.807) is 12.1 Å². The molecule has 1 saturated heterocycles. The Morgan fingerprint density at radius 1 is 1.40 bits per heavy atom. The molecule has 1 heterocycles. The third kappa shape index (κ3) is 3.98. The van der Waals surface area contributed by atoms with Crippen LogP contribution in [0.4, 0.5) is 4.39 Å². The summed E-state index contributed by atoms with van der Waals surface area (Å²) in [5, 5.41) is 0. The molecule has 0 bridgehead atoms. The van der Waals surface area contributed by atoms with Crippen LogP contribution in [-0.4, -0.2) is 23.3 Å². The molecule has 0 radical (unpaired) electrons. The summed E-state index contributed by atoms with van der Waals surface area (Å²) < 4.78 is 25.2. The number of hydrogen-bond acceptors (Lipinski definition) is 3. The highest BCUT2D eigenvalue weighted by atomic mass is 32.1. The molecule has 1 aliphatic heterocycles. The minimum Gasteiger partial charge on any atom is -0.389 e. The first-order chi connectivity index (χ1) is 9.45. The van der Waals surface area contributed by atoms with Gasteiger partial charge in [-0.2, -0.15) is 0 Å². The smallest absolute Gasteiger partial charge is 0.128 e. The third-order valence-electron chi connectivity index (χ3n) is 3.46. The molecule has 2 rings (SSSR count). The van der Waals surface area contributed by atoms with Crippen LogP contribution in [0.5, 0.6) is 0 Å². The zero-order valence-corrected chi connectivity index (χ0v) is 12.6. The van der Waals surface area contributed by atoms with E-state index in [4.69, 9.17) is 27.4 Å². The predicted octanol–water partition coefficient (Wildman–Crippen LogP) is 2.93. The minimum absolute atomic E-state index is 0.0987. The van der Waals surface area contributed by atoms with Crippen molar-refractivity contribution in [1.82, 2.24) is 0 Å². The number of ether oxygens (including phenoxy) is 2. The number of benzene rings is 1. The standard InChI is InChI=1S/C15H20FNO2S/c1-9-5-13(6-10(2)19-9)18-8-12-7-11(15(17)20)3-4-14(12)16/h3-4,7,9-10,13H,5-6,8H2,1-2H3,(H2,17,20). The normalized spacial score (nSPS) is 26.4. The highest BCUT2D eigenvalue weighted by molar-refractivity contribution is 7.80. The second kappa shape index (κ2) is 6.61. The van der Waals surface area contributed by atoms with Crippen molar-refractivity contribution < 1.29 is 13.9 Å². The van der Waals surface area contributed by atoms with Crippen molar-refractivity contribution in [3.05, 3.63) is 35.1 Å². The highest BCUT2D eigenvalue weighted by Crippen LogP contribution is 2.23. The van der Waals surface area contributed by atoms with Gasteiger partial charge in [0, 0.05) is 11.1 Å². The van der Waals surface area contributed by atoms with Crippen molar-refractivity contribution in [3.8, 4) is 0 Å². The molecule has 0 aliphatic carbocycles. The van der Waals surface area contributed by atoms with Crippen LogP contribution in [0.15, 0.2) is 18.2 Å². The molecule has 2 N–H and O–H groups in total. The first kappa shape index (κ1) is 15.4. The molecule has 110 valence electrons. The molecule has 2 unspecified atom stereocenters. The van der Waals surface area contributed by atoms with E-state index < -0.39 is 0 Å². The minimum atomic E-state index is -0.293. The van der Waals surface area contributed by atoms with Gasteiger partial charge in [-0.05, 0) is 44.9 Å². The maximum atomic E-state index is 13.8. The zero-order valence-electron chi connectivity index (χ0n) is 11.8. The molecule has 1 aromatic carbocycles. The molecule has 0 aromatic heterocycles. The van der Waals surface area contributed by atoms with Gasteiger partial charge in [0.15, 0.2) is 0 Å². The van der Waals surface area contributed by atoms with Crippen molar-refractivity contribution in [3.63, 3.8) is 0 Å². The zero-order chi connectivity index (χ0) is 14.7. The van der Waals surface area contributed by atoms with E-state index in [9.17, 15) is 4.39 Å². The van der Waals surface area contributed by atoms with Crippen LogP contribution in [0.25, 0.3) is 0 Å². The van der Waals surface area contributed by atoms with Crippen molar-refractivity contribution in [2.45, 2.75) is 51.6 Å². The lowest BCUT2D eigenvalue weighted by Crippen LogP contribution is -2.34. The quantitative estimate of drug-likeness (QED) is 0.868. The number of nitrogens with two attached hydrogens (primary N) is 1. The molecule has 20 heavy (non-hydrogen) atoms. The van der Waals surface area contributed by atoms with Crippen LogP contribution < -0.4 is 5.73 Å². The molecular formula is C15H20FNO2S. The lowest BCUT2D eigenvalue weighted by molar-refractivity contribution is -0.106. The number of thiocarbonyl (C=S) groups is 1. The van der Waals surface area contributed by atoms with E-state index in [0.29, 0.717) is 11.1 Å². The van der Waals surface area contributed by atoms with Crippen molar-refractivity contribution in [2.24, 2.45) is 5.73 Å². The number of rotatable bonds is 4. The molecule has 3 nitrogen and oxygen atoms in total. The fourth-order valence-corrected chi connectivity index (χ4v) is 2.65. The molecule has 0 spiro atoms. The summed E-state index contributed by atoms with van der Waals surface area (Å²) in [5.74, 6) is -0.293. The van der Waals surface area contributed by atoms with Gasteiger partial charge in [0.25, 0.3) is 0 Å². The first-order valence-electron chi connectivity index (χ1n) is 6.81. The van der Waals surface area contributed by atoms with Crippen LogP contribution in [-0.2, 0) is 16.1 Å². The second-order valence-electron chi connectivity index (χ2n) is 5.33. The average Bonchev–Trinajstić information content (AvgIpc) is 2.36. The van der Waals surface area contributed by atoms with Crippen LogP contribution in [0.3, 0.4) is 0 Å². The molecule has 5 heteroatoms. The van der Waals surface area contributed by atoms with Crippen LogP contribution >= 0.6 is 12.2 Å². The maximum Gasteiger partial charge on any atom is 0.128 e. The Labute approximate surface area is 124 Å². The van der Waals surface area contributed by atoms with Gasteiger partial charge in [0.05, 0.1) is 24.9 Å². The Kier molecular flexibility index (Phi) is 5.07. The Hall–Kier alpha value is -1.04. The SMILES string of the molecule is CC1CC(OCc2cc(C(N)=S)ccc2F)CC(C)O1. The van der Waals surface area contributed by atoms with E-state index in [1.165, 1.54) is 6.07 Å². The first-order valence-corrected chi connectivity index (χ1v) is 7.22.